The minimum atomic E-state index is -1.03. The molecule has 0 bridgehead atoms. The van der Waals surface area contributed by atoms with Gasteiger partial charge < -0.3 is 14.2 Å². The van der Waals surface area contributed by atoms with Crippen molar-refractivity contribution in [2.24, 2.45) is 0 Å². The van der Waals surface area contributed by atoms with Crippen LogP contribution in [0.25, 0.3) is 0 Å². The lowest BCUT2D eigenvalue weighted by atomic mass is 10.1. The second-order valence-electron chi connectivity index (χ2n) is 5.85. The Hall–Kier alpha value is -3.69. The molecule has 0 spiro atoms. The monoisotopic (exact) mass is 418 g/mol. The van der Waals surface area contributed by atoms with Crippen molar-refractivity contribution in [1.29, 1.82) is 0 Å². The Morgan fingerprint density at radius 3 is 1.77 bits per heavy atom. The molecule has 0 unspecified atom stereocenters. The molecule has 10 nitrogen and oxygen atoms in total. The van der Waals surface area contributed by atoms with E-state index in [2.05, 4.69) is 0 Å². The Kier molecular flexibility index (Phi) is 7.68. The lowest BCUT2D eigenvalue weighted by Crippen LogP contribution is -2.46. The van der Waals surface area contributed by atoms with Crippen molar-refractivity contribution in [3.05, 3.63) is 47.2 Å². The number of imide groups is 1. The molecular weight excluding hydrogens is 396 g/mol. The molecular formula is C20H22N2O8. The Morgan fingerprint density at radius 2 is 1.33 bits per heavy atom. The molecule has 0 N–H and O–H groups in total. The van der Waals surface area contributed by atoms with Gasteiger partial charge in [-0.1, -0.05) is 12.1 Å². The van der Waals surface area contributed by atoms with Gasteiger partial charge in [-0.25, -0.2) is 9.59 Å². The van der Waals surface area contributed by atoms with E-state index in [4.69, 9.17) is 14.2 Å². The number of esters is 3. The highest BCUT2D eigenvalue weighted by Gasteiger charge is 2.40. The predicted molar refractivity (Wildman–Crippen MR) is 102 cm³/mol. The fourth-order valence-electron chi connectivity index (χ4n) is 2.68. The first kappa shape index (κ1) is 22.6. The van der Waals surface area contributed by atoms with E-state index in [9.17, 15) is 24.0 Å². The van der Waals surface area contributed by atoms with Gasteiger partial charge in [-0.2, -0.15) is 5.01 Å². The Labute approximate surface area is 172 Å². The predicted octanol–water partition coefficient (Wildman–Crippen LogP) is 1.07. The van der Waals surface area contributed by atoms with Crippen LogP contribution in [0.15, 0.2) is 36.0 Å². The smallest absolute Gasteiger partial charge is 0.347 e. The molecule has 2 amide bonds. The number of hydrogen-bond donors (Lipinski definition) is 0. The van der Waals surface area contributed by atoms with Crippen molar-refractivity contribution in [3.8, 4) is 0 Å². The number of hydrogen-bond acceptors (Lipinski definition) is 9. The Balaban J connectivity index is 2.51. The van der Waals surface area contributed by atoms with Crippen LogP contribution in [0.5, 0.6) is 0 Å². The fraction of sp³-hybridized carbons (Fsp3) is 0.350. The number of carbonyl (C=O) groups excluding carboxylic acids is 5. The van der Waals surface area contributed by atoms with Crippen molar-refractivity contribution in [2.45, 2.75) is 20.8 Å². The lowest BCUT2D eigenvalue weighted by Gasteiger charge is -2.28. The summed E-state index contributed by atoms with van der Waals surface area (Å²) in [7, 11) is 0. The van der Waals surface area contributed by atoms with Crippen LogP contribution in [0, 0.1) is 0 Å². The van der Waals surface area contributed by atoms with Crippen LogP contribution >= 0.6 is 0 Å². The molecule has 0 atom stereocenters. The Bertz CT molecular complexity index is 838. The fourth-order valence-corrected chi connectivity index (χ4v) is 2.68. The maximum absolute atomic E-state index is 12.8. The van der Waals surface area contributed by atoms with Gasteiger partial charge in [0.15, 0.2) is 5.57 Å². The molecule has 1 aromatic carbocycles. The first-order valence-electron chi connectivity index (χ1n) is 9.31. The molecule has 1 aromatic rings. The normalized spacial score (nSPS) is 12.2. The molecule has 0 aromatic heterocycles. The number of fused-ring (bicyclic) bond motifs is 1. The van der Waals surface area contributed by atoms with Crippen molar-refractivity contribution < 1.29 is 38.2 Å². The highest BCUT2D eigenvalue weighted by atomic mass is 16.6. The number of carbonyl (C=O) groups is 5. The van der Waals surface area contributed by atoms with E-state index in [1.165, 1.54) is 12.1 Å². The van der Waals surface area contributed by atoms with Crippen LogP contribution in [0.2, 0.25) is 0 Å². The molecule has 0 saturated heterocycles. The van der Waals surface area contributed by atoms with Crippen LogP contribution in [0.4, 0.5) is 0 Å². The third-order valence-electron chi connectivity index (χ3n) is 3.89. The molecule has 0 fully saturated rings. The summed E-state index contributed by atoms with van der Waals surface area (Å²) in [5.74, 6) is -4.27. The summed E-state index contributed by atoms with van der Waals surface area (Å²) in [5.41, 5.74) is -0.336. The van der Waals surface area contributed by atoms with Gasteiger partial charge in [0.1, 0.15) is 6.54 Å². The average molecular weight is 418 g/mol. The van der Waals surface area contributed by atoms with E-state index in [0.29, 0.717) is 5.01 Å². The number of benzene rings is 1. The van der Waals surface area contributed by atoms with E-state index >= 15 is 0 Å². The molecule has 10 heteroatoms. The average Bonchev–Trinajstić information content (AvgIpc) is 2.96. The SMILES string of the molecule is CCOC(=O)CN(C=C(C(=O)OCC)C(=O)OCC)N1C(=O)c2ccccc2C1=O. The van der Waals surface area contributed by atoms with E-state index in [-0.39, 0.29) is 30.9 Å². The lowest BCUT2D eigenvalue weighted by molar-refractivity contribution is -0.149. The zero-order valence-corrected chi connectivity index (χ0v) is 16.9. The van der Waals surface area contributed by atoms with Crippen molar-refractivity contribution in [1.82, 2.24) is 10.0 Å². The largest absolute Gasteiger partial charge is 0.465 e. The second kappa shape index (κ2) is 10.2. The molecule has 1 aliphatic rings. The van der Waals surface area contributed by atoms with Crippen molar-refractivity contribution in [2.75, 3.05) is 26.4 Å². The molecule has 2 rings (SSSR count). The minimum absolute atomic E-state index is 0.0273. The van der Waals surface area contributed by atoms with E-state index < -0.39 is 41.8 Å². The van der Waals surface area contributed by atoms with Gasteiger partial charge in [-0.3, -0.25) is 19.4 Å². The number of ether oxygens (including phenoxy) is 3. The summed E-state index contributed by atoms with van der Waals surface area (Å²) in [5, 5.41) is 1.52. The second-order valence-corrected chi connectivity index (χ2v) is 5.85. The molecule has 30 heavy (non-hydrogen) atoms. The zero-order valence-electron chi connectivity index (χ0n) is 16.9. The van der Waals surface area contributed by atoms with Crippen LogP contribution in [-0.4, -0.2) is 66.1 Å². The van der Waals surface area contributed by atoms with Crippen molar-refractivity contribution >= 4 is 29.7 Å². The van der Waals surface area contributed by atoms with E-state index in [0.717, 1.165) is 11.2 Å². The van der Waals surface area contributed by atoms with Gasteiger partial charge in [-0.15, -0.1) is 0 Å². The standard InChI is InChI=1S/C20H22N2O8/c1-4-28-16(23)12-21(11-15(19(26)29-5-2)20(27)30-6-3)22-17(24)13-9-7-8-10-14(13)18(22)25/h7-11H,4-6,12H2,1-3H3. The topological polar surface area (TPSA) is 120 Å². The van der Waals surface area contributed by atoms with Gasteiger partial charge in [0.25, 0.3) is 11.8 Å². The maximum atomic E-state index is 12.8. The third-order valence-corrected chi connectivity index (χ3v) is 3.89. The van der Waals surface area contributed by atoms with Crippen LogP contribution in [0.1, 0.15) is 41.5 Å². The number of amides is 2. The third kappa shape index (κ3) is 4.83. The number of hydrazine groups is 1. The highest BCUT2D eigenvalue weighted by molar-refractivity contribution is 6.21. The summed E-state index contributed by atoms with van der Waals surface area (Å²) >= 11 is 0. The first-order chi connectivity index (χ1) is 14.3. The summed E-state index contributed by atoms with van der Waals surface area (Å²) in [6, 6.07) is 6.09. The maximum Gasteiger partial charge on any atom is 0.347 e. The summed E-state index contributed by atoms with van der Waals surface area (Å²) in [6.07, 6.45) is 0.884. The zero-order chi connectivity index (χ0) is 22.3. The molecule has 1 aliphatic heterocycles. The quantitative estimate of drug-likeness (QED) is 0.145. The number of nitrogens with zero attached hydrogens (tertiary/aromatic N) is 2. The van der Waals surface area contributed by atoms with E-state index in [1.54, 1.807) is 32.9 Å². The van der Waals surface area contributed by atoms with Gasteiger partial charge in [0, 0.05) is 6.20 Å². The first-order valence-corrected chi connectivity index (χ1v) is 9.31. The van der Waals surface area contributed by atoms with Gasteiger partial charge in [0.05, 0.1) is 30.9 Å². The molecule has 0 saturated carbocycles. The Morgan fingerprint density at radius 1 is 0.867 bits per heavy atom. The molecule has 0 aliphatic carbocycles. The minimum Gasteiger partial charge on any atom is -0.465 e. The van der Waals surface area contributed by atoms with Gasteiger partial charge in [0.2, 0.25) is 0 Å². The number of rotatable bonds is 9. The summed E-state index contributed by atoms with van der Waals surface area (Å²) in [4.78, 5) is 62.3. The molecule has 160 valence electrons. The van der Waals surface area contributed by atoms with Crippen LogP contribution in [-0.2, 0) is 28.6 Å². The van der Waals surface area contributed by atoms with Crippen molar-refractivity contribution in [3.63, 3.8) is 0 Å². The van der Waals surface area contributed by atoms with Gasteiger partial charge in [-0.05, 0) is 32.9 Å². The molecule has 1 heterocycles. The molecule has 0 radical (unpaired) electrons. The summed E-state index contributed by atoms with van der Waals surface area (Å²) in [6.45, 7) is 4.06. The van der Waals surface area contributed by atoms with Crippen LogP contribution in [0.3, 0.4) is 0 Å². The highest BCUT2D eigenvalue weighted by Crippen LogP contribution is 2.25. The van der Waals surface area contributed by atoms with E-state index in [1.807, 2.05) is 0 Å². The summed E-state index contributed by atoms with van der Waals surface area (Å²) < 4.78 is 14.6. The van der Waals surface area contributed by atoms with Gasteiger partial charge >= 0.3 is 17.9 Å². The van der Waals surface area contributed by atoms with Crippen LogP contribution < -0.4 is 0 Å².